The molecular weight excluding hydrogens is 305 g/mol. The summed E-state index contributed by atoms with van der Waals surface area (Å²) in [6.45, 7) is -0.301. The van der Waals surface area contributed by atoms with Crippen molar-refractivity contribution in [2.24, 2.45) is 0 Å². The molecule has 0 saturated carbocycles. The fourth-order valence-corrected chi connectivity index (χ4v) is 1.97. The summed E-state index contributed by atoms with van der Waals surface area (Å²) in [6.07, 6.45) is 0. The molecule has 0 aliphatic heterocycles. The van der Waals surface area contributed by atoms with Crippen LogP contribution in [0.1, 0.15) is 5.56 Å². The molecule has 0 aliphatic carbocycles. The Morgan fingerprint density at radius 3 is 2.40 bits per heavy atom. The van der Waals surface area contributed by atoms with Gasteiger partial charge >= 0.3 is 5.69 Å². The summed E-state index contributed by atoms with van der Waals surface area (Å²) >= 11 is 11.6. The minimum Gasteiger partial charge on any atom is -0.450 e. The van der Waals surface area contributed by atoms with E-state index in [1.807, 2.05) is 0 Å². The summed E-state index contributed by atoms with van der Waals surface area (Å²) in [5.74, 6) is 0.279. The molecule has 2 rings (SSSR count). The van der Waals surface area contributed by atoms with Crippen LogP contribution in [-0.4, -0.2) is 10.0 Å². The predicted octanol–water partition coefficient (Wildman–Crippen LogP) is 4.19. The highest BCUT2D eigenvalue weighted by atomic mass is 35.5. The summed E-state index contributed by atoms with van der Waals surface area (Å²) in [6, 6.07) is 8.61. The van der Waals surface area contributed by atoms with Gasteiger partial charge in [0.15, 0.2) is 0 Å². The summed E-state index contributed by atoms with van der Waals surface area (Å²) < 4.78 is 5.48. The minimum absolute atomic E-state index is 0.000442. The van der Waals surface area contributed by atoms with Gasteiger partial charge in [0.2, 0.25) is 5.75 Å². The van der Waals surface area contributed by atoms with Crippen LogP contribution in [-0.2, 0) is 6.61 Å². The van der Waals surface area contributed by atoms with E-state index in [2.05, 4.69) is 0 Å². The van der Waals surface area contributed by atoms with Gasteiger partial charge in [0.05, 0.1) is 11.5 Å². The van der Waals surface area contributed by atoms with Crippen molar-refractivity contribution in [3.63, 3.8) is 0 Å². The summed E-state index contributed by atoms with van der Waals surface area (Å²) in [4.78, 5) is 10.4. The lowest BCUT2D eigenvalue weighted by Gasteiger charge is -2.10. The van der Waals surface area contributed by atoms with E-state index >= 15 is 0 Å². The molecular formula is C13H9Cl2NO4. The largest absolute Gasteiger partial charge is 0.450 e. The van der Waals surface area contributed by atoms with Gasteiger partial charge < -0.3 is 9.84 Å². The van der Waals surface area contributed by atoms with E-state index < -0.39 is 4.92 Å². The molecule has 0 aromatic heterocycles. The van der Waals surface area contributed by atoms with Gasteiger partial charge in [-0.15, -0.1) is 0 Å². The molecule has 0 fully saturated rings. The second kappa shape index (κ2) is 6.09. The first-order valence-electron chi connectivity index (χ1n) is 5.52. The van der Waals surface area contributed by atoms with Gasteiger partial charge in [0, 0.05) is 27.7 Å². The normalized spacial score (nSPS) is 10.3. The Kier molecular flexibility index (Phi) is 4.44. The summed E-state index contributed by atoms with van der Waals surface area (Å²) in [5, 5.41) is 20.9. The topological polar surface area (TPSA) is 72.6 Å². The number of halogens is 2. The molecule has 0 unspecified atom stereocenters. The van der Waals surface area contributed by atoms with Crippen LogP contribution in [0.4, 0.5) is 5.69 Å². The number of nitrogens with zero attached hydrogens (tertiary/aromatic N) is 1. The van der Waals surface area contributed by atoms with E-state index in [1.54, 1.807) is 6.07 Å². The average Bonchev–Trinajstić information content (AvgIpc) is 2.40. The number of aliphatic hydroxyl groups excluding tert-OH is 1. The van der Waals surface area contributed by atoms with Crippen molar-refractivity contribution in [2.45, 2.75) is 6.61 Å². The Hall–Kier alpha value is -1.82. The molecule has 0 saturated heterocycles. The molecule has 0 bridgehead atoms. The van der Waals surface area contributed by atoms with E-state index in [0.29, 0.717) is 15.6 Å². The maximum atomic E-state index is 10.9. The van der Waals surface area contributed by atoms with Crippen LogP contribution in [0.25, 0.3) is 0 Å². The van der Waals surface area contributed by atoms with Crippen molar-refractivity contribution in [3.8, 4) is 11.5 Å². The maximum absolute atomic E-state index is 10.9. The molecule has 7 heteroatoms. The maximum Gasteiger partial charge on any atom is 0.311 e. The standard InChI is InChI=1S/C13H9Cl2NO4/c14-9-2-4-12(8(5-9)7-17)20-13-6-10(15)1-3-11(13)16(18)19/h1-6,17H,7H2. The van der Waals surface area contributed by atoms with Gasteiger partial charge in [-0.25, -0.2) is 0 Å². The molecule has 0 aliphatic rings. The van der Waals surface area contributed by atoms with E-state index in [9.17, 15) is 15.2 Å². The number of hydrogen-bond donors (Lipinski definition) is 1. The number of nitro benzene ring substituents is 1. The molecule has 104 valence electrons. The first kappa shape index (κ1) is 14.6. The Morgan fingerprint density at radius 2 is 1.75 bits per heavy atom. The quantitative estimate of drug-likeness (QED) is 0.678. The molecule has 1 N–H and O–H groups in total. The molecule has 0 radical (unpaired) electrons. The van der Waals surface area contributed by atoms with Crippen molar-refractivity contribution >= 4 is 28.9 Å². The van der Waals surface area contributed by atoms with E-state index in [1.165, 1.54) is 30.3 Å². The smallest absolute Gasteiger partial charge is 0.311 e. The third-order valence-corrected chi connectivity index (χ3v) is 3.00. The van der Waals surface area contributed by atoms with Crippen molar-refractivity contribution in [1.82, 2.24) is 0 Å². The summed E-state index contributed by atoms with van der Waals surface area (Å²) in [7, 11) is 0. The molecule has 5 nitrogen and oxygen atoms in total. The molecule has 20 heavy (non-hydrogen) atoms. The Bertz CT molecular complexity index is 661. The predicted molar refractivity (Wildman–Crippen MR) is 75.6 cm³/mol. The van der Waals surface area contributed by atoms with Crippen LogP contribution in [0.5, 0.6) is 11.5 Å². The van der Waals surface area contributed by atoms with Crippen LogP contribution >= 0.6 is 23.2 Å². The minimum atomic E-state index is -0.569. The average molecular weight is 314 g/mol. The lowest BCUT2D eigenvalue weighted by molar-refractivity contribution is -0.385. The van der Waals surface area contributed by atoms with E-state index in [-0.39, 0.29) is 23.8 Å². The van der Waals surface area contributed by atoms with Crippen molar-refractivity contribution < 1.29 is 14.8 Å². The first-order valence-corrected chi connectivity index (χ1v) is 6.28. The van der Waals surface area contributed by atoms with Crippen molar-refractivity contribution in [3.05, 3.63) is 62.1 Å². The van der Waals surface area contributed by atoms with Gasteiger partial charge in [-0.05, 0) is 24.3 Å². The monoisotopic (exact) mass is 313 g/mol. The van der Waals surface area contributed by atoms with Gasteiger partial charge in [-0.2, -0.15) is 0 Å². The number of rotatable bonds is 4. The Balaban J connectivity index is 2.44. The number of ether oxygens (including phenoxy) is 1. The number of nitro groups is 1. The van der Waals surface area contributed by atoms with Crippen LogP contribution in [0.15, 0.2) is 36.4 Å². The van der Waals surface area contributed by atoms with Crippen LogP contribution in [0.3, 0.4) is 0 Å². The van der Waals surface area contributed by atoms with Crippen LogP contribution in [0.2, 0.25) is 10.0 Å². The fourth-order valence-electron chi connectivity index (χ4n) is 1.61. The number of aliphatic hydroxyl groups is 1. The van der Waals surface area contributed by atoms with Gasteiger partial charge in [-0.3, -0.25) is 10.1 Å². The lowest BCUT2D eigenvalue weighted by atomic mass is 10.2. The summed E-state index contributed by atoms with van der Waals surface area (Å²) in [5.41, 5.74) is 0.208. The molecule has 0 heterocycles. The molecule has 2 aromatic rings. The van der Waals surface area contributed by atoms with Gasteiger partial charge in [0.1, 0.15) is 5.75 Å². The molecule has 2 aromatic carbocycles. The highest BCUT2D eigenvalue weighted by Crippen LogP contribution is 2.35. The second-order valence-electron chi connectivity index (χ2n) is 3.88. The lowest BCUT2D eigenvalue weighted by Crippen LogP contribution is -1.96. The SMILES string of the molecule is O=[N+]([O-])c1ccc(Cl)cc1Oc1ccc(Cl)cc1CO. The van der Waals surface area contributed by atoms with Crippen molar-refractivity contribution in [2.75, 3.05) is 0 Å². The van der Waals surface area contributed by atoms with Crippen molar-refractivity contribution in [1.29, 1.82) is 0 Å². The first-order chi connectivity index (χ1) is 9.51. The van der Waals surface area contributed by atoms with E-state index in [4.69, 9.17) is 27.9 Å². The van der Waals surface area contributed by atoms with Crippen LogP contribution < -0.4 is 4.74 Å². The highest BCUT2D eigenvalue weighted by Gasteiger charge is 2.17. The number of hydrogen-bond acceptors (Lipinski definition) is 4. The zero-order valence-corrected chi connectivity index (χ0v) is 11.6. The van der Waals surface area contributed by atoms with Gasteiger partial charge in [-0.1, -0.05) is 23.2 Å². The molecule has 0 atom stereocenters. The third kappa shape index (κ3) is 3.19. The van der Waals surface area contributed by atoms with E-state index in [0.717, 1.165) is 0 Å². The third-order valence-electron chi connectivity index (χ3n) is 2.53. The molecule has 0 spiro atoms. The van der Waals surface area contributed by atoms with Gasteiger partial charge in [0.25, 0.3) is 0 Å². The zero-order valence-electron chi connectivity index (χ0n) is 10.0. The molecule has 0 amide bonds. The second-order valence-corrected chi connectivity index (χ2v) is 4.75. The Labute approximate surface area is 124 Å². The van der Waals surface area contributed by atoms with Crippen LogP contribution in [0, 0.1) is 10.1 Å². The number of benzene rings is 2. The highest BCUT2D eigenvalue weighted by molar-refractivity contribution is 6.31. The fraction of sp³-hybridized carbons (Fsp3) is 0.0769. The Morgan fingerprint density at radius 1 is 1.10 bits per heavy atom. The zero-order chi connectivity index (χ0) is 14.7.